The van der Waals surface area contributed by atoms with Gasteiger partial charge in [0.1, 0.15) is 0 Å². The van der Waals surface area contributed by atoms with Crippen LogP contribution in [0.15, 0.2) is 0 Å². The first kappa shape index (κ1) is 11.5. The van der Waals surface area contributed by atoms with Gasteiger partial charge in [0.2, 0.25) is 0 Å². The molecule has 0 aromatic carbocycles. The maximum absolute atomic E-state index is 5.60. The van der Waals surface area contributed by atoms with Crippen LogP contribution >= 0.6 is 15.9 Å². The Bertz CT molecular complexity index is 138. The summed E-state index contributed by atoms with van der Waals surface area (Å²) in [5.41, 5.74) is 0.200. The Kier molecular flexibility index (Phi) is 4.70. The molecular weight excluding hydrogens is 232 g/mol. The lowest BCUT2D eigenvalue weighted by Crippen LogP contribution is -2.37. The molecule has 1 saturated heterocycles. The van der Waals surface area contributed by atoms with Crippen molar-refractivity contribution < 1.29 is 9.47 Å². The largest absolute Gasteiger partial charge is 0.352 e. The standard InChI is InChI=1S/C10H19BrO2/c1-10(2)7-12-9(13-8-10)5-3-4-6-11/h9H,3-8H2,1-2H3. The Balaban J connectivity index is 2.11. The van der Waals surface area contributed by atoms with E-state index in [-0.39, 0.29) is 11.7 Å². The molecule has 0 aromatic heterocycles. The van der Waals surface area contributed by atoms with Gasteiger partial charge in [-0.2, -0.15) is 0 Å². The lowest BCUT2D eigenvalue weighted by Gasteiger charge is -2.34. The number of unbranched alkanes of at least 4 members (excludes halogenated alkanes) is 1. The fourth-order valence-electron chi connectivity index (χ4n) is 1.30. The summed E-state index contributed by atoms with van der Waals surface area (Å²) in [6, 6.07) is 0. The molecule has 78 valence electrons. The monoisotopic (exact) mass is 250 g/mol. The van der Waals surface area contributed by atoms with Crippen LogP contribution in [0.3, 0.4) is 0 Å². The highest BCUT2D eigenvalue weighted by atomic mass is 79.9. The van der Waals surface area contributed by atoms with E-state index in [0.29, 0.717) is 0 Å². The van der Waals surface area contributed by atoms with Crippen LogP contribution in [-0.2, 0) is 9.47 Å². The van der Waals surface area contributed by atoms with Gasteiger partial charge >= 0.3 is 0 Å². The normalized spacial score (nSPS) is 23.3. The first-order valence-corrected chi connectivity index (χ1v) is 6.05. The predicted molar refractivity (Wildman–Crippen MR) is 57.1 cm³/mol. The van der Waals surface area contributed by atoms with Crippen molar-refractivity contribution in [2.24, 2.45) is 5.41 Å². The molecule has 1 fully saturated rings. The maximum atomic E-state index is 5.60. The van der Waals surface area contributed by atoms with E-state index in [2.05, 4.69) is 29.8 Å². The summed E-state index contributed by atoms with van der Waals surface area (Å²) in [7, 11) is 0. The number of rotatable bonds is 4. The molecular formula is C10H19BrO2. The molecule has 0 radical (unpaired) electrons. The van der Waals surface area contributed by atoms with Crippen molar-refractivity contribution in [3.8, 4) is 0 Å². The molecule has 1 aliphatic heterocycles. The van der Waals surface area contributed by atoms with Crippen molar-refractivity contribution in [3.05, 3.63) is 0 Å². The zero-order valence-electron chi connectivity index (χ0n) is 8.51. The van der Waals surface area contributed by atoms with Crippen LogP contribution in [-0.4, -0.2) is 24.8 Å². The third-order valence-corrected chi connectivity index (χ3v) is 2.70. The van der Waals surface area contributed by atoms with E-state index in [1.807, 2.05) is 0 Å². The van der Waals surface area contributed by atoms with E-state index in [4.69, 9.17) is 9.47 Å². The van der Waals surface area contributed by atoms with Gasteiger partial charge in [-0.1, -0.05) is 29.8 Å². The highest BCUT2D eigenvalue weighted by Crippen LogP contribution is 2.24. The number of alkyl halides is 1. The highest BCUT2D eigenvalue weighted by Gasteiger charge is 2.27. The van der Waals surface area contributed by atoms with Gasteiger partial charge in [-0.05, 0) is 19.3 Å². The molecule has 0 atom stereocenters. The van der Waals surface area contributed by atoms with Crippen LogP contribution in [0.5, 0.6) is 0 Å². The van der Waals surface area contributed by atoms with Crippen molar-refractivity contribution >= 4 is 15.9 Å². The van der Waals surface area contributed by atoms with Crippen LogP contribution < -0.4 is 0 Å². The first-order valence-electron chi connectivity index (χ1n) is 4.93. The minimum absolute atomic E-state index is 0.0482. The molecule has 1 aliphatic rings. The summed E-state index contributed by atoms with van der Waals surface area (Å²) < 4.78 is 11.2. The summed E-state index contributed by atoms with van der Waals surface area (Å²) in [5.74, 6) is 0. The SMILES string of the molecule is CC1(C)COC(CCCCBr)OC1. The second-order valence-corrected chi connectivity index (χ2v) is 5.19. The molecule has 2 nitrogen and oxygen atoms in total. The van der Waals surface area contributed by atoms with E-state index < -0.39 is 0 Å². The fourth-order valence-corrected chi connectivity index (χ4v) is 1.70. The lowest BCUT2D eigenvalue weighted by atomic mass is 9.95. The van der Waals surface area contributed by atoms with E-state index >= 15 is 0 Å². The summed E-state index contributed by atoms with van der Waals surface area (Å²) in [5, 5.41) is 1.07. The highest BCUT2D eigenvalue weighted by molar-refractivity contribution is 9.09. The minimum atomic E-state index is 0.0482. The Labute approximate surface area is 89.1 Å². The van der Waals surface area contributed by atoms with E-state index in [0.717, 1.165) is 25.0 Å². The van der Waals surface area contributed by atoms with Crippen molar-refractivity contribution in [1.29, 1.82) is 0 Å². The van der Waals surface area contributed by atoms with Crippen LogP contribution in [0.2, 0.25) is 0 Å². The quantitative estimate of drug-likeness (QED) is 0.565. The second-order valence-electron chi connectivity index (χ2n) is 4.40. The Hall–Kier alpha value is 0.400. The fraction of sp³-hybridized carbons (Fsp3) is 1.00. The third-order valence-electron chi connectivity index (χ3n) is 2.14. The third kappa shape index (κ3) is 4.43. The molecule has 0 unspecified atom stereocenters. The van der Waals surface area contributed by atoms with Gasteiger partial charge in [0, 0.05) is 10.7 Å². The summed E-state index contributed by atoms with van der Waals surface area (Å²) in [6.07, 6.45) is 3.46. The zero-order valence-corrected chi connectivity index (χ0v) is 10.1. The molecule has 0 aliphatic carbocycles. The van der Waals surface area contributed by atoms with E-state index in [9.17, 15) is 0 Å². The molecule has 0 spiro atoms. The Morgan fingerprint density at radius 1 is 1.23 bits per heavy atom. The van der Waals surface area contributed by atoms with Crippen LogP contribution in [0.1, 0.15) is 33.1 Å². The molecule has 3 heteroatoms. The van der Waals surface area contributed by atoms with Crippen molar-refractivity contribution in [2.45, 2.75) is 39.4 Å². The molecule has 0 amide bonds. The van der Waals surface area contributed by atoms with Crippen molar-refractivity contribution in [2.75, 3.05) is 18.5 Å². The molecule has 0 bridgehead atoms. The van der Waals surface area contributed by atoms with E-state index in [1.165, 1.54) is 12.8 Å². The summed E-state index contributed by atoms with van der Waals surface area (Å²) >= 11 is 3.41. The van der Waals surface area contributed by atoms with Gasteiger partial charge in [-0.25, -0.2) is 0 Å². The average Bonchev–Trinajstić information content (AvgIpc) is 2.08. The predicted octanol–water partition coefficient (Wildman–Crippen LogP) is 2.95. The number of hydrogen-bond donors (Lipinski definition) is 0. The molecule has 13 heavy (non-hydrogen) atoms. The number of hydrogen-bond acceptors (Lipinski definition) is 2. The lowest BCUT2D eigenvalue weighted by molar-refractivity contribution is -0.224. The molecule has 1 rings (SSSR count). The topological polar surface area (TPSA) is 18.5 Å². The summed E-state index contributed by atoms with van der Waals surface area (Å²) in [6.45, 7) is 5.99. The zero-order chi connectivity index (χ0) is 9.73. The molecule has 1 heterocycles. The maximum Gasteiger partial charge on any atom is 0.157 e. The van der Waals surface area contributed by atoms with Gasteiger partial charge in [0.25, 0.3) is 0 Å². The summed E-state index contributed by atoms with van der Waals surface area (Å²) in [4.78, 5) is 0. The van der Waals surface area contributed by atoms with Gasteiger partial charge < -0.3 is 9.47 Å². The number of halogens is 1. The smallest absolute Gasteiger partial charge is 0.157 e. The minimum Gasteiger partial charge on any atom is -0.352 e. The van der Waals surface area contributed by atoms with E-state index in [1.54, 1.807) is 0 Å². The van der Waals surface area contributed by atoms with Gasteiger partial charge in [0.15, 0.2) is 6.29 Å². The molecule has 0 saturated carbocycles. The molecule has 0 N–H and O–H groups in total. The van der Waals surface area contributed by atoms with Gasteiger partial charge in [-0.15, -0.1) is 0 Å². The Morgan fingerprint density at radius 3 is 2.38 bits per heavy atom. The Morgan fingerprint density at radius 2 is 1.85 bits per heavy atom. The van der Waals surface area contributed by atoms with Crippen LogP contribution in [0, 0.1) is 5.41 Å². The molecule has 0 aromatic rings. The van der Waals surface area contributed by atoms with Crippen LogP contribution in [0.25, 0.3) is 0 Å². The van der Waals surface area contributed by atoms with Crippen molar-refractivity contribution in [3.63, 3.8) is 0 Å². The average molecular weight is 251 g/mol. The second kappa shape index (κ2) is 5.32. The van der Waals surface area contributed by atoms with Gasteiger partial charge in [0.05, 0.1) is 13.2 Å². The van der Waals surface area contributed by atoms with Gasteiger partial charge in [-0.3, -0.25) is 0 Å². The van der Waals surface area contributed by atoms with Crippen LogP contribution in [0.4, 0.5) is 0 Å². The van der Waals surface area contributed by atoms with Crippen molar-refractivity contribution in [1.82, 2.24) is 0 Å². The first-order chi connectivity index (χ1) is 6.14. The number of ether oxygens (including phenoxy) is 2.